The second-order valence-corrected chi connectivity index (χ2v) is 6.30. The zero-order valence-corrected chi connectivity index (χ0v) is 13.6. The Morgan fingerprint density at radius 3 is 2.50 bits per heavy atom. The summed E-state index contributed by atoms with van der Waals surface area (Å²) in [6, 6.07) is 16.9. The minimum Gasteiger partial charge on any atom is -0.422 e. The van der Waals surface area contributed by atoms with Gasteiger partial charge in [0.15, 0.2) is 5.69 Å². The number of esters is 1. The normalized spacial score (nSPS) is 12.1. The molecular weight excluding hydrogens is 342 g/mol. The van der Waals surface area contributed by atoms with Crippen LogP contribution in [-0.4, -0.2) is 11.0 Å². The van der Waals surface area contributed by atoms with Crippen molar-refractivity contribution >= 4 is 32.7 Å². The molecule has 1 atom stereocenters. The maximum absolute atomic E-state index is 12.5. The van der Waals surface area contributed by atoms with Crippen LogP contribution >= 0.6 is 15.9 Å². The van der Waals surface area contributed by atoms with Crippen molar-refractivity contribution in [2.24, 2.45) is 0 Å². The number of rotatable bonds is 3. The lowest BCUT2D eigenvalue weighted by molar-refractivity contribution is 0.0727. The molecule has 1 aromatic heterocycles. The third kappa shape index (κ3) is 2.88. The van der Waals surface area contributed by atoms with Crippen LogP contribution in [0.4, 0.5) is 0 Å². The number of carbonyl (C=O) groups excluding carboxylic acids is 1. The molecule has 1 unspecified atom stereocenters. The number of pyridine rings is 1. The molecule has 0 saturated heterocycles. The third-order valence-electron chi connectivity index (χ3n) is 3.38. The van der Waals surface area contributed by atoms with E-state index < -0.39 is 5.97 Å². The van der Waals surface area contributed by atoms with Crippen molar-refractivity contribution in [3.63, 3.8) is 0 Å². The van der Waals surface area contributed by atoms with E-state index in [4.69, 9.17) is 4.74 Å². The second kappa shape index (κ2) is 6.28. The highest BCUT2D eigenvalue weighted by Crippen LogP contribution is 2.32. The largest absolute Gasteiger partial charge is 0.422 e. The molecule has 0 N–H and O–H groups in total. The molecule has 0 saturated carbocycles. The number of para-hydroxylation sites is 1. The van der Waals surface area contributed by atoms with Gasteiger partial charge in [-0.15, -0.1) is 0 Å². The maximum Gasteiger partial charge on any atom is 0.362 e. The van der Waals surface area contributed by atoms with Gasteiger partial charge in [0, 0.05) is 22.0 Å². The lowest BCUT2D eigenvalue weighted by Gasteiger charge is -2.13. The molecular formula is C18H14BrNO2. The van der Waals surface area contributed by atoms with Crippen molar-refractivity contribution in [1.82, 2.24) is 4.98 Å². The molecule has 0 spiro atoms. The van der Waals surface area contributed by atoms with Gasteiger partial charge in [0.2, 0.25) is 0 Å². The standard InChI is InChI=1S/C18H14BrNO2/c1-12(19)16-15-10-6-5-7-13(15)11-20-17(16)18(21)22-14-8-3-2-4-9-14/h2-12H,1H3. The van der Waals surface area contributed by atoms with E-state index >= 15 is 0 Å². The van der Waals surface area contributed by atoms with Crippen LogP contribution in [-0.2, 0) is 0 Å². The van der Waals surface area contributed by atoms with E-state index in [1.165, 1.54) is 0 Å². The number of nitrogens with zero attached hydrogens (tertiary/aromatic N) is 1. The molecule has 3 rings (SSSR count). The average Bonchev–Trinajstić information content (AvgIpc) is 2.54. The number of benzene rings is 2. The molecule has 1 heterocycles. The van der Waals surface area contributed by atoms with Gasteiger partial charge in [0.05, 0.1) is 0 Å². The quantitative estimate of drug-likeness (QED) is 0.380. The van der Waals surface area contributed by atoms with Crippen molar-refractivity contribution in [3.8, 4) is 5.75 Å². The highest BCUT2D eigenvalue weighted by atomic mass is 79.9. The molecule has 3 nitrogen and oxygen atoms in total. The number of ether oxygens (including phenoxy) is 1. The van der Waals surface area contributed by atoms with Crippen molar-refractivity contribution in [2.45, 2.75) is 11.8 Å². The number of aromatic nitrogens is 1. The summed E-state index contributed by atoms with van der Waals surface area (Å²) in [5.74, 6) is 0.0638. The molecule has 0 aliphatic carbocycles. The number of halogens is 1. The summed E-state index contributed by atoms with van der Waals surface area (Å²) in [5, 5.41) is 2.00. The second-order valence-electron chi connectivity index (χ2n) is 4.93. The molecule has 0 aliphatic rings. The number of hydrogen-bond donors (Lipinski definition) is 0. The first-order valence-corrected chi connectivity index (χ1v) is 7.87. The van der Waals surface area contributed by atoms with E-state index in [2.05, 4.69) is 20.9 Å². The molecule has 0 bridgehead atoms. The molecule has 2 aromatic carbocycles. The molecule has 22 heavy (non-hydrogen) atoms. The maximum atomic E-state index is 12.5. The lowest BCUT2D eigenvalue weighted by Crippen LogP contribution is -2.14. The van der Waals surface area contributed by atoms with E-state index in [9.17, 15) is 4.79 Å². The SMILES string of the molecule is CC(Br)c1c(C(=O)Oc2ccccc2)ncc2ccccc12. The van der Waals surface area contributed by atoms with E-state index in [0.717, 1.165) is 16.3 Å². The summed E-state index contributed by atoms with van der Waals surface area (Å²) >= 11 is 3.56. The predicted molar refractivity (Wildman–Crippen MR) is 90.5 cm³/mol. The minimum absolute atomic E-state index is 0.00979. The molecule has 0 aliphatic heterocycles. The summed E-state index contributed by atoms with van der Waals surface area (Å²) in [7, 11) is 0. The van der Waals surface area contributed by atoms with Gasteiger partial charge in [-0.05, 0) is 24.4 Å². The number of alkyl halides is 1. The van der Waals surface area contributed by atoms with Crippen LogP contribution in [0.2, 0.25) is 0 Å². The molecule has 0 fully saturated rings. The minimum atomic E-state index is -0.446. The lowest BCUT2D eigenvalue weighted by atomic mass is 10.0. The smallest absolute Gasteiger partial charge is 0.362 e. The van der Waals surface area contributed by atoms with Crippen molar-refractivity contribution < 1.29 is 9.53 Å². The Morgan fingerprint density at radius 2 is 1.77 bits per heavy atom. The molecule has 4 heteroatoms. The zero-order valence-electron chi connectivity index (χ0n) is 12.0. The van der Waals surface area contributed by atoms with Crippen LogP contribution < -0.4 is 4.74 Å². The first-order valence-electron chi connectivity index (χ1n) is 6.96. The Bertz CT molecular complexity index is 816. The summed E-state index contributed by atoms with van der Waals surface area (Å²) in [6.07, 6.45) is 1.70. The molecule has 110 valence electrons. The van der Waals surface area contributed by atoms with Gasteiger partial charge < -0.3 is 4.74 Å². The predicted octanol–water partition coefficient (Wildman–Crippen LogP) is 4.91. The molecule has 3 aromatic rings. The fourth-order valence-corrected chi connectivity index (χ4v) is 2.86. The van der Waals surface area contributed by atoms with Crippen molar-refractivity contribution in [2.75, 3.05) is 0 Å². The van der Waals surface area contributed by atoms with Crippen molar-refractivity contribution in [3.05, 3.63) is 72.1 Å². The Hall–Kier alpha value is -2.20. The molecule has 0 amide bonds. The number of carbonyl (C=O) groups is 1. The summed E-state index contributed by atoms with van der Waals surface area (Å²) in [4.78, 5) is 16.8. The summed E-state index contributed by atoms with van der Waals surface area (Å²) in [6.45, 7) is 1.97. The van der Waals surface area contributed by atoms with E-state index in [0.29, 0.717) is 11.4 Å². The van der Waals surface area contributed by atoms with Crippen LogP contribution in [0, 0.1) is 0 Å². The fraction of sp³-hybridized carbons (Fsp3) is 0.111. The topological polar surface area (TPSA) is 39.2 Å². The molecule has 0 radical (unpaired) electrons. The highest BCUT2D eigenvalue weighted by molar-refractivity contribution is 9.09. The zero-order chi connectivity index (χ0) is 15.5. The van der Waals surface area contributed by atoms with Gasteiger partial charge in [-0.1, -0.05) is 58.4 Å². The van der Waals surface area contributed by atoms with Crippen LogP contribution in [0.25, 0.3) is 10.8 Å². The Morgan fingerprint density at radius 1 is 1.09 bits per heavy atom. The van der Waals surface area contributed by atoms with Gasteiger partial charge in [0.1, 0.15) is 5.75 Å². The first kappa shape index (κ1) is 14.7. The number of fused-ring (bicyclic) bond motifs is 1. The van der Waals surface area contributed by atoms with Crippen LogP contribution in [0.3, 0.4) is 0 Å². The van der Waals surface area contributed by atoms with E-state index in [1.807, 2.05) is 49.4 Å². The van der Waals surface area contributed by atoms with E-state index in [1.54, 1.807) is 18.3 Å². The summed E-state index contributed by atoms with van der Waals surface area (Å²) < 4.78 is 5.42. The number of hydrogen-bond acceptors (Lipinski definition) is 3. The van der Waals surface area contributed by atoms with Crippen LogP contribution in [0.15, 0.2) is 60.8 Å². The van der Waals surface area contributed by atoms with Gasteiger partial charge in [-0.3, -0.25) is 0 Å². The van der Waals surface area contributed by atoms with Gasteiger partial charge in [-0.25, -0.2) is 9.78 Å². The Kier molecular flexibility index (Phi) is 4.20. The average molecular weight is 356 g/mol. The van der Waals surface area contributed by atoms with Crippen molar-refractivity contribution in [1.29, 1.82) is 0 Å². The highest BCUT2D eigenvalue weighted by Gasteiger charge is 2.21. The Balaban J connectivity index is 2.06. The first-order chi connectivity index (χ1) is 10.7. The Labute approximate surface area is 137 Å². The summed E-state index contributed by atoms with van der Waals surface area (Å²) in [5.41, 5.74) is 1.19. The van der Waals surface area contributed by atoms with Gasteiger partial charge in [0.25, 0.3) is 0 Å². The third-order valence-corrected chi connectivity index (χ3v) is 3.84. The van der Waals surface area contributed by atoms with Crippen LogP contribution in [0.1, 0.15) is 27.8 Å². The van der Waals surface area contributed by atoms with Crippen LogP contribution in [0.5, 0.6) is 5.75 Å². The fourth-order valence-electron chi connectivity index (χ4n) is 2.40. The monoisotopic (exact) mass is 355 g/mol. The van der Waals surface area contributed by atoms with Gasteiger partial charge >= 0.3 is 5.97 Å². The van der Waals surface area contributed by atoms with Gasteiger partial charge in [-0.2, -0.15) is 0 Å². The van der Waals surface area contributed by atoms with E-state index in [-0.39, 0.29) is 4.83 Å².